The highest BCUT2D eigenvalue weighted by Gasteiger charge is 2.31. The smallest absolute Gasteiger partial charge is 0.00981 e. The number of nitrogens with zero attached hydrogens (tertiary/aromatic N) is 1. The van der Waals surface area contributed by atoms with Crippen molar-refractivity contribution < 1.29 is 0 Å². The second kappa shape index (κ2) is 5.43. The largest absolute Gasteiger partial charge is 0.306 e. The van der Waals surface area contributed by atoms with Gasteiger partial charge in [0.15, 0.2) is 0 Å². The average Bonchev–Trinajstić information content (AvgIpc) is 2.59. The summed E-state index contributed by atoms with van der Waals surface area (Å²) in [4.78, 5) is 2.45. The first-order valence-electron chi connectivity index (χ1n) is 8.69. The third-order valence-corrected chi connectivity index (χ3v) is 5.66. The van der Waals surface area contributed by atoms with Crippen LogP contribution in [0.1, 0.15) is 74.6 Å². The molecule has 0 spiro atoms. The monoisotopic (exact) mass is 285 g/mol. The van der Waals surface area contributed by atoms with Crippen molar-refractivity contribution >= 4 is 0 Å². The van der Waals surface area contributed by atoms with E-state index in [1.807, 2.05) is 0 Å². The number of aryl methyl sites for hydroxylation is 2. The molecule has 0 heterocycles. The predicted molar refractivity (Wildman–Crippen MR) is 91.2 cm³/mol. The average molecular weight is 285 g/mol. The second-order valence-corrected chi connectivity index (χ2v) is 8.44. The lowest BCUT2D eigenvalue weighted by Gasteiger charge is -2.31. The molecule has 0 aromatic heterocycles. The Hall–Kier alpha value is -0.820. The fourth-order valence-corrected chi connectivity index (χ4v) is 4.31. The quantitative estimate of drug-likeness (QED) is 0.724. The lowest BCUT2D eigenvalue weighted by molar-refractivity contribution is 0.251. The molecule has 1 aromatic rings. The molecule has 0 bridgehead atoms. The molecule has 2 atom stereocenters. The predicted octanol–water partition coefficient (Wildman–Crippen LogP) is 4.67. The van der Waals surface area contributed by atoms with Gasteiger partial charge >= 0.3 is 0 Å². The van der Waals surface area contributed by atoms with Gasteiger partial charge in [0, 0.05) is 6.04 Å². The van der Waals surface area contributed by atoms with Gasteiger partial charge in [-0.3, -0.25) is 0 Å². The van der Waals surface area contributed by atoms with Gasteiger partial charge in [-0.05, 0) is 86.2 Å². The van der Waals surface area contributed by atoms with Gasteiger partial charge in [0.05, 0.1) is 0 Å². The zero-order valence-corrected chi connectivity index (χ0v) is 14.5. The van der Waals surface area contributed by atoms with Crippen LogP contribution < -0.4 is 0 Å². The molecule has 21 heavy (non-hydrogen) atoms. The third-order valence-electron chi connectivity index (χ3n) is 5.66. The topological polar surface area (TPSA) is 3.24 Å². The van der Waals surface area contributed by atoms with E-state index in [4.69, 9.17) is 0 Å². The third kappa shape index (κ3) is 2.90. The lowest BCUT2D eigenvalue weighted by atomic mass is 9.75. The van der Waals surface area contributed by atoms with Crippen LogP contribution in [0.5, 0.6) is 0 Å². The molecule has 2 aliphatic carbocycles. The minimum Gasteiger partial charge on any atom is -0.306 e. The molecule has 0 saturated heterocycles. The summed E-state index contributed by atoms with van der Waals surface area (Å²) < 4.78 is 0. The normalized spacial score (nSPS) is 25.6. The van der Waals surface area contributed by atoms with E-state index in [1.54, 1.807) is 22.3 Å². The first-order chi connectivity index (χ1) is 9.86. The Bertz CT molecular complexity index is 521. The van der Waals surface area contributed by atoms with E-state index in [2.05, 4.69) is 51.9 Å². The second-order valence-electron chi connectivity index (χ2n) is 8.44. The molecular weight excluding hydrogens is 254 g/mol. The highest BCUT2D eigenvalue weighted by Crippen LogP contribution is 2.42. The van der Waals surface area contributed by atoms with Crippen molar-refractivity contribution in [1.29, 1.82) is 0 Å². The number of benzene rings is 1. The van der Waals surface area contributed by atoms with E-state index in [0.29, 0.717) is 0 Å². The number of rotatable bonds is 1. The summed E-state index contributed by atoms with van der Waals surface area (Å²) in [6.07, 6.45) is 8.04. The van der Waals surface area contributed by atoms with Crippen LogP contribution in [-0.2, 0) is 18.3 Å². The van der Waals surface area contributed by atoms with E-state index in [9.17, 15) is 0 Å². The summed E-state index contributed by atoms with van der Waals surface area (Å²) in [5.41, 5.74) is 6.91. The minimum atomic E-state index is 0.270. The van der Waals surface area contributed by atoms with Crippen molar-refractivity contribution in [1.82, 2.24) is 4.90 Å². The van der Waals surface area contributed by atoms with Crippen molar-refractivity contribution in [2.45, 2.75) is 76.7 Å². The highest BCUT2D eigenvalue weighted by atomic mass is 15.1. The van der Waals surface area contributed by atoms with Crippen LogP contribution in [0.15, 0.2) is 12.1 Å². The van der Waals surface area contributed by atoms with Crippen molar-refractivity contribution in [2.75, 3.05) is 14.1 Å². The molecule has 0 saturated carbocycles. The van der Waals surface area contributed by atoms with Gasteiger partial charge in [-0.1, -0.05) is 32.9 Å². The van der Waals surface area contributed by atoms with Gasteiger partial charge in [-0.15, -0.1) is 0 Å². The Morgan fingerprint density at radius 1 is 1.00 bits per heavy atom. The molecule has 1 heteroatoms. The van der Waals surface area contributed by atoms with Gasteiger partial charge in [0.25, 0.3) is 0 Å². The standard InChI is InChI=1S/C20H31N/c1-20(2,3)17-11-14-7-6-8-15-13-18(21(4)5)10-9-16(12-17)19(14)15/h11-12,15,18H,6-10,13H2,1-5H3. The fourth-order valence-electron chi connectivity index (χ4n) is 4.31. The summed E-state index contributed by atoms with van der Waals surface area (Å²) in [5, 5.41) is 0. The molecule has 0 fully saturated rings. The summed E-state index contributed by atoms with van der Waals surface area (Å²) in [5.74, 6) is 0.813. The fraction of sp³-hybridized carbons (Fsp3) is 0.700. The first kappa shape index (κ1) is 15.1. The summed E-state index contributed by atoms with van der Waals surface area (Å²) in [6, 6.07) is 5.82. The van der Waals surface area contributed by atoms with Crippen LogP contribution in [0.2, 0.25) is 0 Å². The zero-order valence-electron chi connectivity index (χ0n) is 14.5. The van der Waals surface area contributed by atoms with Crippen LogP contribution in [0, 0.1) is 0 Å². The molecule has 0 amide bonds. The summed E-state index contributed by atoms with van der Waals surface area (Å²) >= 11 is 0. The molecular formula is C20H31N. The van der Waals surface area contributed by atoms with Gasteiger partial charge in [0.1, 0.15) is 0 Å². The van der Waals surface area contributed by atoms with Gasteiger partial charge < -0.3 is 4.90 Å². The maximum Gasteiger partial charge on any atom is 0.00981 e. The van der Waals surface area contributed by atoms with E-state index in [-0.39, 0.29) is 5.41 Å². The molecule has 116 valence electrons. The van der Waals surface area contributed by atoms with E-state index < -0.39 is 0 Å². The molecule has 2 unspecified atom stereocenters. The number of hydrogen-bond donors (Lipinski definition) is 0. The van der Waals surface area contributed by atoms with E-state index in [0.717, 1.165) is 12.0 Å². The highest BCUT2D eigenvalue weighted by molar-refractivity contribution is 5.46. The van der Waals surface area contributed by atoms with Crippen molar-refractivity contribution in [2.24, 2.45) is 0 Å². The molecule has 0 N–H and O–H groups in total. The summed E-state index contributed by atoms with van der Waals surface area (Å²) in [7, 11) is 4.51. The van der Waals surface area contributed by atoms with E-state index >= 15 is 0 Å². The van der Waals surface area contributed by atoms with Gasteiger partial charge in [-0.2, -0.15) is 0 Å². The van der Waals surface area contributed by atoms with Crippen LogP contribution in [0.25, 0.3) is 0 Å². The Morgan fingerprint density at radius 3 is 2.29 bits per heavy atom. The molecule has 0 radical (unpaired) electrons. The van der Waals surface area contributed by atoms with Gasteiger partial charge in [-0.25, -0.2) is 0 Å². The van der Waals surface area contributed by atoms with Crippen LogP contribution in [0.3, 0.4) is 0 Å². The van der Waals surface area contributed by atoms with Crippen LogP contribution in [-0.4, -0.2) is 25.0 Å². The lowest BCUT2D eigenvalue weighted by Crippen LogP contribution is -2.29. The Morgan fingerprint density at radius 2 is 1.67 bits per heavy atom. The van der Waals surface area contributed by atoms with E-state index in [1.165, 1.54) is 38.5 Å². The molecule has 3 rings (SSSR count). The van der Waals surface area contributed by atoms with Crippen molar-refractivity contribution in [3.05, 3.63) is 34.4 Å². The van der Waals surface area contributed by atoms with Crippen LogP contribution in [0.4, 0.5) is 0 Å². The molecule has 1 aromatic carbocycles. The van der Waals surface area contributed by atoms with Crippen LogP contribution >= 0.6 is 0 Å². The first-order valence-corrected chi connectivity index (χ1v) is 8.69. The molecule has 2 aliphatic rings. The molecule has 0 aliphatic heterocycles. The summed E-state index contributed by atoms with van der Waals surface area (Å²) in [6.45, 7) is 7.04. The maximum absolute atomic E-state index is 2.54. The maximum atomic E-state index is 2.54. The Balaban J connectivity index is 2.05. The Kier molecular flexibility index (Phi) is 3.90. The Labute approximate surface area is 130 Å². The molecule has 1 nitrogen and oxygen atoms in total. The van der Waals surface area contributed by atoms with Crippen molar-refractivity contribution in [3.8, 4) is 0 Å². The number of hydrogen-bond acceptors (Lipinski definition) is 1. The zero-order chi connectivity index (χ0) is 15.2. The van der Waals surface area contributed by atoms with Crippen molar-refractivity contribution in [3.63, 3.8) is 0 Å². The minimum absolute atomic E-state index is 0.270. The van der Waals surface area contributed by atoms with Gasteiger partial charge in [0.2, 0.25) is 0 Å². The SMILES string of the molecule is CN(C)C1CCc2cc(C(C)(C)C)cc3c2C(CCC3)C1.